The highest BCUT2D eigenvalue weighted by Crippen LogP contribution is 2.45. The molecule has 6 rings (SSSR count). The Hall–Kier alpha value is -3.93. The van der Waals surface area contributed by atoms with Gasteiger partial charge in [-0.15, -0.1) is 11.3 Å². The predicted molar refractivity (Wildman–Crippen MR) is 187 cm³/mol. The Labute approximate surface area is 269 Å². The normalized spacial score (nSPS) is 15.0. The zero-order valence-corrected chi connectivity index (χ0v) is 27.5. The average molecular weight is 620 g/mol. The van der Waals surface area contributed by atoms with E-state index < -0.39 is 0 Å². The fourth-order valence-corrected chi connectivity index (χ4v) is 7.63. The van der Waals surface area contributed by atoms with Crippen LogP contribution in [0.3, 0.4) is 0 Å². The Morgan fingerprint density at radius 3 is 2.34 bits per heavy atom. The molecule has 0 bridgehead atoms. The van der Waals surface area contributed by atoms with Gasteiger partial charge in [-0.05, 0) is 104 Å². The fourth-order valence-electron chi connectivity index (χ4n) is 6.24. The van der Waals surface area contributed by atoms with Crippen LogP contribution in [0.5, 0.6) is 0 Å². The molecule has 0 fully saturated rings. The SMILES string of the molecule is Cc1cc(C=Nc2sc3c(c2C(=O)Nc2ccc(Cl)cc2)CC[C@@H](C(C)(C)C)C3)c(C)n1-c1ccc(-c2ccccc2)cc1. The number of rotatable bonds is 6. The number of fused-ring (bicyclic) bond motifs is 1. The first-order chi connectivity index (χ1) is 21.1. The Kier molecular flexibility index (Phi) is 8.36. The van der Waals surface area contributed by atoms with Crippen LogP contribution < -0.4 is 5.32 Å². The van der Waals surface area contributed by atoms with Crippen molar-refractivity contribution in [3.63, 3.8) is 0 Å². The molecule has 0 spiro atoms. The second-order valence-electron chi connectivity index (χ2n) is 12.8. The van der Waals surface area contributed by atoms with Gasteiger partial charge in [0.1, 0.15) is 5.00 Å². The third-order valence-corrected chi connectivity index (χ3v) is 10.2. The van der Waals surface area contributed by atoms with Crippen molar-refractivity contribution in [3.8, 4) is 16.8 Å². The zero-order valence-electron chi connectivity index (χ0n) is 25.9. The summed E-state index contributed by atoms with van der Waals surface area (Å²) in [5, 5.41) is 4.50. The summed E-state index contributed by atoms with van der Waals surface area (Å²) in [6.45, 7) is 11.2. The van der Waals surface area contributed by atoms with Crippen LogP contribution in [0.4, 0.5) is 10.7 Å². The molecule has 5 aromatic rings. The first-order valence-corrected chi connectivity index (χ1v) is 16.4. The lowest BCUT2D eigenvalue weighted by molar-refractivity contribution is 0.102. The highest BCUT2D eigenvalue weighted by atomic mass is 35.5. The minimum atomic E-state index is -0.116. The Bertz CT molecular complexity index is 1820. The number of nitrogens with one attached hydrogen (secondary N) is 1. The molecular weight excluding hydrogens is 582 g/mol. The van der Waals surface area contributed by atoms with Gasteiger partial charge in [0.15, 0.2) is 0 Å². The zero-order chi connectivity index (χ0) is 31.0. The average Bonchev–Trinajstić information content (AvgIpc) is 3.52. The second kappa shape index (κ2) is 12.2. The Balaban J connectivity index is 1.32. The number of carbonyl (C=O) groups is 1. The topological polar surface area (TPSA) is 46.4 Å². The molecule has 6 heteroatoms. The molecule has 1 aliphatic rings. The van der Waals surface area contributed by atoms with Gasteiger partial charge in [-0.3, -0.25) is 4.79 Å². The van der Waals surface area contributed by atoms with Crippen LogP contribution in [-0.4, -0.2) is 16.7 Å². The molecule has 0 aliphatic heterocycles. The predicted octanol–water partition coefficient (Wildman–Crippen LogP) is 10.6. The smallest absolute Gasteiger partial charge is 0.259 e. The van der Waals surface area contributed by atoms with E-state index in [1.165, 1.54) is 16.0 Å². The summed E-state index contributed by atoms with van der Waals surface area (Å²) in [6.07, 6.45) is 4.87. The molecule has 1 amide bonds. The largest absolute Gasteiger partial charge is 0.322 e. The number of hydrogen-bond donors (Lipinski definition) is 1. The summed E-state index contributed by atoms with van der Waals surface area (Å²) in [5.74, 6) is 0.458. The van der Waals surface area contributed by atoms with E-state index in [0.717, 1.165) is 58.2 Å². The van der Waals surface area contributed by atoms with E-state index in [9.17, 15) is 4.79 Å². The molecule has 1 atom stereocenters. The summed E-state index contributed by atoms with van der Waals surface area (Å²) in [6, 6.07) is 28.5. The van der Waals surface area contributed by atoms with Crippen LogP contribution in [0, 0.1) is 25.2 Å². The highest BCUT2D eigenvalue weighted by molar-refractivity contribution is 7.16. The minimum absolute atomic E-state index is 0.116. The monoisotopic (exact) mass is 619 g/mol. The number of amides is 1. The lowest BCUT2D eigenvalue weighted by Crippen LogP contribution is -2.27. The molecule has 0 saturated heterocycles. The molecule has 44 heavy (non-hydrogen) atoms. The number of hydrogen-bond acceptors (Lipinski definition) is 3. The lowest BCUT2D eigenvalue weighted by Gasteiger charge is -2.33. The van der Waals surface area contributed by atoms with Crippen LogP contribution in [-0.2, 0) is 12.8 Å². The molecule has 3 aromatic carbocycles. The van der Waals surface area contributed by atoms with Crippen molar-refractivity contribution in [2.24, 2.45) is 16.3 Å². The number of aryl methyl sites for hydroxylation is 1. The van der Waals surface area contributed by atoms with E-state index in [2.05, 4.69) is 99.1 Å². The van der Waals surface area contributed by atoms with Crippen LogP contribution >= 0.6 is 22.9 Å². The van der Waals surface area contributed by atoms with E-state index in [1.807, 2.05) is 24.4 Å². The first-order valence-electron chi connectivity index (χ1n) is 15.2. The van der Waals surface area contributed by atoms with Gasteiger partial charge < -0.3 is 9.88 Å². The molecule has 2 heterocycles. The number of thiophene rings is 1. The standard InChI is InChI=1S/C38H38ClN3OS/c1-24-21-28(25(2)42(24)32-18-11-27(12-19-32)26-9-7-6-8-10-26)23-40-37-35(36(43)41-31-16-14-30(39)15-17-31)33-20-13-29(38(3,4)5)22-34(33)44-37/h6-12,14-19,21,23,29H,13,20,22H2,1-5H3,(H,41,43)/t29-/m1/s1. The van der Waals surface area contributed by atoms with Crippen molar-refractivity contribution in [3.05, 3.63) is 123 Å². The molecule has 0 radical (unpaired) electrons. The van der Waals surface area contributed by atoms with Gasteiger partial charge in [0, 0.05) is 44.4 Å². The number of benzene rings is 3. The van der Waals surface area contributed by atoms with Gasteiger partial charge in [0.25, 0.3) is 5.91 Å². The van der Waals surface area contributed by atoms with Crippen molar-refractivity contribution in [2.75, 3.05) is 5.32 Å². The van der Waals surface area contributed by atoms with Crippen LogP contribution in [0.1, 0.15) is 64.9 Å². The third-order valence-electron chi connectivity index (χ3n) is 8.82. The highest BCUT2D eigenvalue weighted by Gasteiger charge is 2.33. The number of nitrogens with zero attached hydrogens (tertiary/aromatic N) is 2. The van der Waals surface area contributed by atoms with Crippen molar-refractivity contribution in [1.82, 2.24) is 4.57 Å². The number of aliphatic imine (C=N–C) groups is 1. The maximum absolute atomic E-state index is 13.8. The Morgan fingerprint density at radius 1 is 0.977 bits per heavy atom. The van der Waals surface area contributed by atoms with Crippen molar-refractivity contribution < 1.29 is 4.79 Å². The molecule has 0 saturated carbocycles. The summed E-state index contributed by atoms with van der Waals surface area (Å²) in [5.41, 5.74) is 9.59. The van der Waals surface area contributed by atoms with Gasteiger partial charge in [0.05, 0.1) is 5.56 Å². The maximum Gasteiger partial charge on any atom is 0.259 e. The number of halogens is 1. The van der Waals surface area contributed by atoms with E-state index in [4.69, 9.17) is 16.6 Å². The fraction of sp³-hybridized carbons (Fsp3) is 0.263. The quantitative estimate of drug-likeness (QED) is 0.189. The minimum Gasteiger partial charge on any atom is -0.322 e. The van der Waals surface area contributed by atoms with Gasteiger partial charge in [0.2, 0.25) is 0 Å². The number of aromatic nitrogens is 1. The van der Waals surface area contributed by atoms with Gasteiger partial charge in [-0.2, -0.15) is 0 Å². The molecular formula is C38H38ClN3OS. The summed E-state index contributed by atoms with van der Waals surface area (Å²) >= 11 is 7.75. The van der Waals surface area contributed by atoms with E-state index >= 15 is 0 Å². The van der Waals surface area contributed by atoms with Crippen LogP contribution in [0.2, 0.25) is 5.02 Å². The van der Waals surface area contributed by atoms with E-state index in [0.29, 0.717) is 16.5 Å². The number of carbonyl (C=O) groups excluding carboxylic acids is 1. The summed E-state index contributed by atoms with van der Waals surface area (Å²) in [4.78, 5) is 20.1. The molecule has 224 valence electrons. The van der Waals surface area contributed by atoms with Gasteiger partial charge in [-0.25, -0.2) is 4.99 Å². The molecule has 0 unspecified atom stereocenters. The van der Waals surface area contributed by atoms with Crippen molar-refractivity contribution in [2.45, 2.75) is 53.9 Å². The van der Waals surface area contributed by atoms with E-state index in [1.54, 1.807) is 23.5 Å². The third kappa shape index (κ3) is 6.17. The Morgan fingerprint density at radius 2 is 1.66 bits per heavy atom. The van der Waals surface area contributed by atoms with Crippen LogP contribution in [0.15, 0.2) is 89.9 Å². The van der Waals surface area contributed by atoms with Crippen molar-refractivity contribution >= 4 is 45.7 Å². The summed E-state index contributed by atoms with van der Waals surface area (Å²) in [7, 11) is 0. The maximum atomic E-state index is 13.8. The lowest BCUT2D eigenvalue weighted by atomic mass is 9.72. The second-order valence-corrected chi connectivity index (χ2v) is 14.3. The molecule has 1 N–H and O–H groups in total. The molecule has 4 nitrogen and oxygen atoms in total. The number of anilines is 1. The van der Waals surface area contributed by atoms with Crippen LogP contribution in [0.25, 0.3) is 16.8 Å². The van der Waals surface area contributed by atoms with Crippen molar-refractivity contribution in [1.29, 1.82) is 0 Å². The van der Waals surface area contributed by atoms with Gasteiger partial charge >= 0.3 is 0 Å². The summed E-state index contributed by atoms with van der Waals surface area (Å²) < 4.78 is 2.26. The molecule has 1 aliphatic carbocycles. The van der Waals surface area contributed by atoms with E-state index in [-0.39, 0.29) is 11.3 Å². The first kappa shape index (κ1) is 30.1. The van der Waals surface area contributed by atoms with Gasteiger partial charge in [-0.1, -0.05) is 74.8 Å². The molecule has 2 aromatic heterocycles.